The van der Waals surface area contributed by atoms with Gasteiger partial charge in [0.2, 0.25) is 0 Å². The number of quaternary nitrogens is 1. The van der Waals surface area contributed by atoms with Gasteiger partial charge in [-0.05, 0) is 83.1 Å². The predicted molar refractivity (Wildman–Crippen MR) is 243 cm³/mol. The van der Waals surface area contributed by atoms with Crippen LogP contribution in [0.4, 0.5) is 0 Å². The van der Waals surface area contributed by atoms with E-state index in [1.165, 1.54) is 44.9 Å². The fourth-order valence-corrected chi connectivity index (χ4v) is 6.31. The summed E-state index contributed by atoms with van der Waals surface area (Å²) in [5, 5.41) is 0. The Kier molecular flexibility index (Phi) is 37.4. The standard InChI is InChI=1S/C48H82NO9P/c1-6-8-10-12-14-15-16-17-18-19-20-21-22-23-24-25-27-31-35-39-47(51)55-43-46(44-57-59(53,54)56-42-41-49(3,4)5)58-48(52)40-36-32-28-30-34-38-45(50)37-33-29-26-13-11-9-7-2/h14-15,17-18,20-21,23-24,26,29,33,37,46H,6-13,16,19,22,25,27-28,30-32,34-36,38-44H2,1-5H3/p+1/b15-14-,18-17-,21-20-,24-23-,29-26-,37-33+/t46-/m1/s1. The van der Waals surface area contributed by atoms with Crippen LogP contribution in [-0.2, 0) is 37.5 Å². The molecule has 0 spiro atoms. The van der Waals surface area contributed by atoms with Crippen molar-refractivity contribution < 1.29 is 46.8 Å². The molecular weight excluding hydrogens is 766 g/mol. The molecule has 0 radical (unpaired) electrons. The lowest BCUT2D eigenvalue weighted by Gasteiger charge is -2.24. The van der Waals surface area contributed by atoms with E-state index in [4.69, 9.17) is 18.5 Å². The molecule has 1 N–H and O–H groups in total. The molecule has 0 amide bonds. The number of phosphoric ester groups is 1. The van der Waals surface area contributed by atoms with Crippen LogP contribution in [0.15, 0.2) is 72.9 Å². The molecule has 338 valence electrons. The molecule has 0 heterocycles. The lowest BCUT2D eigenvalue weighted by molar-refractivity contribution is -0.870. The van der Waals surface area contributed by atoms with E-state index in [2.05, 4.69) is 68.5 Å². The Morgan fingerprint density at radius 1 is 0.576 bits per heavy atom. The first kappa shape index (κ1) is 56.1. The van der Waals surface area contributed by atoms with E-state index in [9.17, 15) is 23.8 Å². The summed E-state index contributed by atoms with van der Waals surface area (Å²) in [6, 6.07) is 0. The zero-order chi connectivity index (χ0) is 43.7. The minimum atomic E-state index is -4.42. The Morgan fingerprint density at radius 2 is 1.07 bits per heavy atom. The quantitative estimate of drug-likeness (QED) is 0.0122. The molecule has 0 fully saturated rings. The third kappa shape index (κ3) is 43.0. The van der Waals surface area contributed by atoms with Crippen molar-refractivity contribution in [3.05, 3.63) is 72.9 Å². The van der Waals surface area contributed by atoms with E-state index in [0.29, 0.717) is 30.3 Å². The van der Waals surface area contributed by atoms with Crippen LogP contribution in [0.5, 0.6) is 0 Å². The van der Waals surface area contributed by atoms with E-state index in [0.717, 1.165) is 70.6 Å². The molecule has 1 unspecified atom stereocenters. The summed E-state index contributed by atoms with van der Waals surface area (Å²) < 4.78 is 34.2. The van der Waals surface area contributed by atoms with Crippen molar-refractivity contribution in [1.29, 1.82) is 0 Å². The van der Waals surface area contributed by atoms with Crippen LogP contribution < -0.4 is 0 Å². The second-order valence-electron chi connectivity index (χ2n) is 16.1. The van der Waals surface area contributed by atoms with Gasteiger partial charge in [0.05, 0.1) is 27.7 Å². The number of hydrogen-bond donors (Lipinski definition) is 1. The minimum Gasteiger partial charge on any atom is -0.462 e. The zero-order valence-corrected chi connectivity index (χ0v) is 38.6. The van der Waals surface area contributed by atoms with Crippen LogP contribution in [0, 0.1) is 0 Å². The van der Waals surface area contributed by atoms with Crippen molar-refractivity contribution in [2.24, 2.45) is 0 Å². The maximum absolute atomic E-state index is 12.7. The van der Waals surface area contributed by atoms with Crippen molar-refractivity contribution in [2.75, 3.05) is 47.5 Å². The number of esters is 2. The van der Waals surface area contributed by atoms with Gasteiger partial charge in [-0.1, -0.05) is 132 Å². The highest BCUT2D eigenvalue weighted by molar-refractivity contribution is 7.47. The summed E-state index contributed by atoms with van der Waals surface area (Å²) >= 11 is 0. The highest BCUT2D eigenvalue weighted by atomic mass is 31.2. The summed E-state index contributed by atoms with van der Waals surface area (Å²) in [5.74, 6) is -0.818. The molecule has 0 aliphatic carbocycles. The SMILES string of the molecule is CCCCC/C=C\C=C\C(=O)CCCCCCCC(=O)O[C@H](COC(=O)CCCCC/C=C\C/C=C\C/C=C\C/C=C\CCCCC)COP(=O)(O)OCC[N+](C)(C)C. The number of likely N-dealkylation sites (N-methyl/N-ethyl adjacent to an activating group) is 1. The number of allylic oxidation sites excluding steroid dienone is 12. The van der Waals surface area contributed by atoms with Crippen molar-refractivity contribution in [1.82, 2.24) is 0 Å². The first-order valence-electron chi connectivity index (χ1n) is 22.6. The van der Waals surface area contributed by atoms with Crippen LogP contribution in [0.3, 0.4) is 0 Å². The topological polar surface area (TPSA) is 125 Å². The number of carbonyl (C=O) groups excluding carboxylic acids is 3. The summed E-state index contributed by atoms with van der Waals surface area (Å²) in [6.45, 7) is 4.14. The molecule has 0 aromatic carbocycles. The molecule has 0 aliphatic heterocycles. The van der Waals surface area contributed by atoms with Gasteiger partial charge in [0.1, 0.15) is 19.8 Å². The second-order valence-corrected chi connectivity index (χ2v) is 17.6. The van der Waals surface area contributed by atoms with Gasteiger partial charge >= 0.3 is 19.8 Å². The normalized spacial score (nSPS) is 14.1. The number of ether oxygens (including phenoxy) is 2. The van der Waals surface area contributed by atoms with Crippen molar-refractivity contribution in [3.8, 4) is 0 Å². The van der Waals surface area contributed by atoms with Crippen molar-refractivity contribution >= 4 is 25.5 Å². The number of carbonyl (C=O) groups is 3. The van der Waals surface area contributed by atoms with Crippen LogP contribution in [0.2, 0.25) is 0 Å². The molecule has 0 rings (SSSR count). The first-order valence-corrected chi connectivity index (χ1v) is 24.1. The summed E-state index contributed by atoms with van der Waals surface area (Å²) in [7, 11) is 1.37. The lowest BCUT2D eigenvalue weighted by Crippen LogP contribution is -2.37. The molecule has 59 heavy (non-hydrogen) atoms. The number of nitrogens with zero attached hydrogens (tertiary/aromatic N) is 1. The average Bonchev–Trinajstić information content (AvgIpc) is 3.18. The Hall–Kier alpha value is -2.88. The van der Waals surface area contributed by atoms with Gasteiger partial charge in [-0.25, -0.2) is 4.57 Å². The van der Waals surface area contributed by atoms with Gasteiger partial charge in [0.25, 0.3) is 0 Å². The Balaban J connectivity index is 4.50. The fourth-order valence-electron chi connectivity index (χ4n) is 5.57. The van der Waals surface area contributed by atoms with Gasteiger partial charge in [-0.15, -0.1) is 0 Å². The lowest BCUT2D eigenvalue weighted by atomic mass is 10.1. The van der Waals surface area contributed by atoms with E-state index >= 15 is 0 Å². The monoisotopic (exact) mass is 849 g/mol. The van der Waals surface area contributed by atoms with E-state index in [-0.39, 0.29) is 31.8 Å². The molecule has 0 aromatic rings. The zero-order valence-electron chi connectivity index (χ0n) is 37.7. The van der Waals surface area contributed by atoms with E-state index in [1.54, 1.807) is 6.08 Å². The van der Waals surface area contributed by atoms with Crippen molar-refractivity contribution in [3.63, 3.8) is 0 Å². The summed E-state index contributed by atoms with van der Waals surface area (Å²) in [4.78, 5) is 47.5. The van der Waals surface area contributed by atoms with Crippen molar-refractivity contribution in [2.45, 2.75) is 168 Å². The van der Waals surface area contributed by atoms with Gasteiger partial charge in [-0.3, -0.25) is 23.4 Å². The van der Waals surface area contributed by atoms with Crippen LogP contribution in [0.1, 0.15) is 162 Å². The maximum atomic E-state index is 12.7. The van der Waals surface area contributed by atoms with Gasteiger partial charge < -0.3 is 18.9 Å². The van der Waals surface area contributed by atoms with E-state index < -0.39 is 32.5 Å². The molecule has 10 nitrogen and oxygen atoms in total. The highest BCUT2D eigenvalue weighted by Crippen LogP contribution is 2.43. The van der Waals surface area contributed by atoms with Gasteiger partial charge in [-0.2, -0.15) is 0 Å². The molecule has 0 aliphatic rings. The summed E-state index contributed by atoms with van der Waals surface area (Å²) in [6.07, 6.45) is 44.8. The Morgan fingerprint density at radius 3 is 1.64 bits per heavy atom. The second kappa shape index (κ2) is 39.3. The third-order valence-electron chi connectivity index (χ3n) is 9.19. The first-order chi connectivity index (χ1) is 28.4. The molecule has 2 atom stereocenters. The fraction of sp³-hybridized carbons (Fsp3) is 0.688. The molecule has 0 aromatic heterocycles. The summed E-state index contributed by atoms with van der Waals surface area (Å²) in [5.41, 5.74) is 0. The predicted octanol–water partition coefficient (Wildman–Crippen LogP) is 12.2. The smallest absolute Gasteiger partial charge is 0.462 e. The Bertz CT molecular complexity index is 1300. The largest absolute Gasteiger partial charge is 0.472 e. The number of rotatable bonds is 40. The molecule has 0 saturated heterocycles. The van der Waals surface area contributed by atoms with Crippen LogP contribution in [-0.4, -0.2) is 80.7 Å². The highest BCUT2D eigenvalue weighted by Gasteiger charge is 2.27. The maximum Gasteiger partial charge on any atom is 0.472 e. The number of hydrogen-bond acceptors (Lipinski definition) is 8. The molecular formula is C48H83NO9P+. The Labute approximate surface area is 359 Å². The molecule has 11 heteroatoms. The van der Waals surface area contributed by atoms with Gasteiger partial charge in [0.15, 0.2) is 11.9 Å². The van der Waals surface area contributed by atoms with Crippen LogP contribution in [0.25, 0.3) is 0 Å². The van der Waals surface area contributed by atoms with E-state index in [1.807, 2.05) is 33.3 Å². The van der Waals surface area contributed by atoms with Crippen LogP contribution >= 0.6 is 7.82 Å². The third-order valence-corrected chi connectivity index (χ3v) is 10.2. The molecule has 0 bridgehead atoms. The molecule has 0 saturated carbocycles. The number of phosphoric acid groups is 1. The minimum absolute atomic E-state index is 0.000526. The van der Waals surface area contributed by atoms with Gasteiger partial charge in [0, 0.05) is 19.3 Å². The number of unbranched alkanes of at least 4 members (excludes halogenated alkanes) is 13. The average molecular weight is 849 g/mol. The number of ketones is 1.